The Labute approximate surface area is 425 Å². The van der Waals surface area contributed by atoms with E-state index < -0.39 is 6.10 Å². The van der Waals surface area contributed by atoms with Gasteiger partial charge in [0.1, 0.15) is 13.2 Å². The largest absolute Gasteiger partial charge is 0.462 e. The molecule has 0 heterocycles. The SMILES string of the molecule is CC\C=C/C=C\C=C/CCCCCCCCCC(=O)OCC(COC(=O)CC/C=C\C/C=C\C/C=C\C/C=C\C/C=C\C/C=C\CC)OC(=O)CCCCCCCCCCCCCCCCCCC. The third kappa shape index (κ3) is 54.9. The van der Waals surface area contributed by atoms with E-state index in [1.165, 1.54) is 116 Å². The first-order chi connectivity index (χ1) is 34.0. The number of ether oxygens (including phenoxy) is 3. The van der Waals surface area contributed by atoms with Crippen LogP contribution in [0.25, 0.3) is 0 Å². The minimum atomic E-state index is -0.814. The van der Waals surface area contributed by atoms with Gasteiger partial charge in [-0.3, -0.25) is 14.4 Å². The molecule has 0 saturated heterocycles. The Hall–Kier alpha value is -3.93. The van der Waals surface area contributed by atoms with E-state index in [1.807, 2.05) is 6.08 Å². The summed E-state index contributed by atoms with van der Waals surface area (Å²) in [6.07, 6.45) is 76.6. The first-order valence-electron chi connectivity index (χ1n) is 28.4. The van der Waals surface area contributed by atoms with E-state index >= 15 is 0 Å². The fourth-order valence-electron chi connectivity index (χ4n) is 7.65. The van der Waals surface area contributed by atoms with Crippen LogP contribution in [-0.2, 0) is 28.6 Å². The van der Waals surface area contributed by atoms with Crippen LogP contribution in [0.4, 0.5) is 0 Å². The van der Waals surface area contributed by atoms with Crippen molar-refractivity contribution in [1.29, 1.82) is 0 Å². The van der Waals surface area contributed by atoms with E-state index in [4.69, 9.17) is 14.2 Å². The summed E-state index contributed by atoms with van der Waals surface area (Å²) in [5.41, 5.74) is 0. The molecule has 0 aromatic carbocycles. The number of carbonyl (C=O) groups is 3. The summed E-state index contributed by atoms with van der Waals surface area (Å²) in [6.45, 7) is 6.33. The standard InChI is InChI=1S/C63H104O6/c1-4-7-10-13-16-19-22-25-28-30-31-33-35-38-41-44-47-50-53-56-62(65)68-59-60(58-67-61(64)55-52-49-46-43-40-37-34-27-24-21-18-15-12-9-6-3)69-63(66)57-54-51-48-45-42-39-36-32-29-26-23-20-17-14-11-8-5-2/h7,9-10,12,15-16,18-19,21,24-25,28,31,33,38,41,47,50,60H,4-6,8,11,13-14,17,20,22-23,26-27,29-30,32,34-37,39-40,42-46,48-49,51-59H2,1-3H3/b10-7-,12-9-,18-15-,19-16-,24-21-,28-25-,33-31-,41-38-,50-47-. The van der Waals surface area contributed by atoms with Crippen molar-refractivity contribution in [1.82, 2.24) is 0 Å². The average Bonchev–Trinajstić information content (AvgIpc) is 3.35. The van der Waals surface area contributed by atoms with Crippen LogP contribution in [0.5, 0.6) is 0 Å². The number of esters is 3. The molecule has 0 aromatic rings. The van der Waals surface area contributed by atoms with E-state index in [2.05, 4.69) is 124 Å². The highest BCUT2D eigenvalue weighted by molar-refractivity contribution is 5.71. The van der Waals surface area contributed by atoms with Crippen LogP contribution in [0.3, 0.4) is 0 Å². The molecule has 0 aliphatic rings. The van der Waals surface area contributed by atoms with E-state index in [0.29, 0.717) is 19.3 Å². The zero-order valence-corrected chi connectivity index (χ0v) is 44.8. The highest BCUT2D eigenvalue weighted by Gasteiger charge is 2.19. The molecular weight excluding hydrogens is 853 g/mol. The molecule has 0 aliphatic carbocycles. The molecule has 0 fully saturated rings. The first-order valence-corrected chi connectivity index (χ1v) is 28.4. The van der Waals surface area contributed by atoms with Crippen molar-refractivity contribution in [2.24, 2.45) is 0 Å². The predicted octanol–water partition coefficient (Wildman–Crippen LogP) is 19.1. The molecule has 0 N–H and O–H groups in total. The first kappa shape index (κ1) is 65.1. The molecule has 392 valence electrons. The molecule has 0 aliphatic heterocycles. The second-order valence-corrected chi connectivity index (χ2v) is 18.5. The summed E-state index contributed by atoms with van der Waals surface area (Å²) in [5.74, 6) is -1.00. The summed E-state index contributed by atoms with van der Waals surface area (Å²) in [7, 11) is 0. The zero-order valence-electron chi connectivity index (χ0n) is 44.8. The van der Waals surface area contributed by atoms with Crippen LogP contribution >= 0.6 is 0 Å². The fourth-order valence-corrected chi connectivity index (χ4v) is 7.65. The van der Waals surface area contributed by atoms with Crippen LogP contribution in [0, 0.1) is 0 Å². The van der Waals surface area contributed by atoms with Gasteiger partial charge in [0, 0.05) is 19.3 Å². The van der Waals surface area contributed by atoms with Gasteiger partial charge in [0.15, 0.2) is 6.10 Å². The Balaban J connectivity index is 4.51. The molecule has 0 rings (SSSR count). The van der Waals surface area contributed by atoms with Gasteiger partial charge >= 0.3 is 17.9 Å². The van der Waals surface area contributed by atoms with Gasteiger partial charge in [-0.15, -0.1) is 0 Å². The zero-order chi connectivity index (χ0) is 50.0. The van der Waals surface area contributed by atoms with Gasteiger partial charge in [-0.1, -0.05) is 265 Å². The molecule has 69 heavy (non-hydrogen) atoms. The number of hydrogen-bond acceptors (Lipinski definition) is 6. The third-order valence-electron chi connectivity index (χ3n) is 11.8. The molecule has 6 heteroatoms. The van der Waals surface area contributed by atoms with Crippen molar-refractivity contribution in [3.05, 3.63) is 109 Å². The lowest BCUT2D eigenvalue weighted by Crippen LogP contribution is -2.30. The minimum Gasteiger partial charge on any atom is -0.462 e. The van der Waals surface area contributed by atoms with E-state index in [9.17, 15) is 14.4 Å². The summed E-state index contributed by atoms with van der Waals surface area (Å²) >= 11 is 0. The van der Waals surface area contributed by atoms with E-state index in [1.54, 1.807) is 0 Å². The number of hydrogen-bond donors (Lipinski definition) is 0. The molecule has 0 bridgehead atoms. The van der Waals surface area contributed by atoms with Gasteiger partial charge < -0.3 is 14.2 Å². The molecule has 1 unspecified atom stereocenters. The van der Waals surface area contributed by atoms with Crippen LogP contribution in [-0.4, -0.2) is 37.2 Å². The highest BCUT2D eigenvalue weighted by atomic mass is 16.6. The summed E-state index contributed by atoms with van der Waals surface area (Å²) in [5, 5.41) is 0. The lowest BCUT2D eigenvalue weighted by Gasteiger charge is -2.18. The minimum absolute atomic E-state index is 0.107. The number of carbonyl (C=O) groups excluding carboxylic acids is 3. The Bertz CT molecular complexity index is 1420. The van der Waals surface area contributed by atoms with Crippen molar-refractivity contribution in [3.8, 4) is 0 Å². The summed E-state index contributed by atoms with van der Waals surface area (Å²) in [4.78, 5) is 38.1. The predicted molar refractivity (Wildman–Crippen MR) is 297 cm³/mol. The lowest BCUT2D eigenvalue weighted by molar-refractivity contribution is -0.166. The Morgan fingerprint density at radius 2 is 0.667 bits per heavy atom. The summed E-state index contributed by atoms with van der Waals surface area (Å²) < 4.78 is 16.8. The molecule has 0 spiro atoms. The van der Waals surface area contributed by atoms with Crippen molar-refractivity contribution >= 4 is 17.9 Å². The quantitative estimate of drug-likeness (QED) is 0.0199. The van der Waals surface area contributed by atoms with E-state index in [-0.39, 0.29) is 37.5 Å². The molecule has 0 radical (unpaired) electrons. The molecule has 0 amide bonds. The van der Waals surface area contributed by atoms with Gasteiger partial charge in [0.2, 0.25) is 0 Å². The van der Waals surface area contributed by atoms with Gasteiger partial charge in [-0.25, -0.2) is 0 Å². The second-order valence-electron chi connectivity index (χ2n) is 18.5. The third-order valence-corrected chi connectivity index (χ3v) is 11.8. The van der Waals surface area contributed by atoms with Crippen molar-refractivity contribution in [3.63, 3.8) is 0 Å². The van der Waals surface area contributed by atoms with Gasteiger partial charge in [-0.2, -0.15) is 0 Å². The van der Waals surface area contributed by atoms with Crippen molar-refractivity contribution in [2.75, 3.05) is 13.2 Å². The Kier molecular flexibility index (Phi) is 53.4. The Morgan fingerprint density at radius 1 is 0.319 bits per heavy atom. The van der Waals surface area contributed by atoms with Crippen molar-refractivity contribution in [2.45, 2.75) is 258 Å². The molecule has 1 atom stereocenters. The fraction of sp³-hybridized carbons (Fsp3) is 0.667. The van der Waals surface area contributed by atoms with Crippen LogP contribution in [0.2, 0.25) is 0 Å². The topological polar surface area (TPSA) is 78.9 Å². The lowest BCUT2D eigenvalue weighted by atomic mass is 10.0. The van der Waals surface area contributed by atoms with E-state index in [0.717, 1.165) is 89.9 Å². The average molecular weight is 958 g/mol. The van der Waals surface area contributed by atoms with Gasteiger partial charge in [-0.05, 0) is 77.0 Å². The van der Waals surface area contributed by atoms with Crippen LogP contribution < -0.4 is 0 Å². The number of rotatable bonds is 50. The smallest absolute Gasteiger partial charge is 0.306 e. The Morgan fingerprint density at radius 3 is 1.10 bits per heavy atom. The van der Waals surface area contributed by atoms with Crippen LogP contribution in [0.15, 0.2) is 109 Å². The molecule has 0 saturated carbocycles. The maximum atomic E-state index is 12.9. The van der Waals surface area contributed by atoms with Gasteiger partial charge in [0.05, 0.1) is 0 Å². The normalized spacial score (nSPS) is 12.9. The second kappa shape index (κ2) is 56.7. The summed E-state index contributed by atoms with van der Waals surface area (Å²) in [6, 6.07) is 0. The molecule has 6 nitrogen and oxygen atoms in total. The van der Waals surface area contributed by atoms with Crippen LogP contribution in [0.1, 0.15) is 252 Å². The van der Waals surface area contributed by atoms with Crippen molar-refractivity contribution < 1.29 is 28.6 Å². The maximum absolute atomic E-state index is 12.9. The maximum Gasteiger partial charge on any atom is 0.306 e. The van der Waals surface area contributed by atoms with Gasteiger partial charge in [0.25, 0.3) is 0 Å². The molecular formula is C63H104O6. The number of allylic oxidation sites excluding steroid dienone is 18. The number of unbranched alkanes of at least 4 members (excludes halogenated alkanes) is 23. The highest BCUT2D eigenvalue weighted by Crippen LogP contribution is 2.16. The monoisotopic (exact) mass is 957 g/mol. The molecule has 0 aromatic heterocycles.